The number of hydrogen-bond donors (Lipinski definition) is 2. The monoisotopic (exact) mass is 380 g/mol. The van der Waals surface area contributed by atoms with Crippen LogP contribution in [0.5, 0.6) is 0 Å². The van der Waals surface area contributed by atoms with Gasteiger partial charge in [-0.3, -0.25) is 4.79 Å². The number of benzene rings is 2. The van der Waals surface area contributed by atoms with Crippen molar-refractivity contribution in [2.24, 2.45) is 0 Å². The lowest BCUT2D eigenvalue weighted by molar-refractivity contribution is 0.102. The molecule has 0 radical (unpaired) electrons. The third kappa shape index (κ3) is 5.05. The standard InChI is InChI=1S/C21H21ClN4O/c1-14-5-3-8-18(15(14)2)25-20(27)19-10-12-24-21(26-19)23-11-9-16-6-4-7-17(22)13-16/h3-8,10,12-13H,9,11H2,1-2H3,(H,25,27)(H,23,24,26). The minimum Gasteiger partial charge on any atom is -0.354 e. The van der Waals surface area contributed by atoms with Gasteiger partial charge in [-0.15, -0.1) is 0 Å². The van der Waals surface area contributed by atoms with E-state index in [1.807, 2.05) is 56.3 Å². The Morgan fingerprint density at radius 1 is 1.11 bits per heavy atom. The number of carbonyl (C=O) groups excluding carboxylic acids is 1. The number of aryl methyl sites for hydroxylation is 1. The van der Waals surface area contributed by atoms with Gasteiger partial charge < -0.3 is 10.6 Å². The van der Waals surface area contributed by atoms with Crippen LogP contribution in [0.4, 0.5) is 11.6 Å². The SMILES string of the molecule is Cc1cccc(NC(=O)c2ccnc(NCCc3cccc(Cl)c3)n2)c1C. The molecule has 27 heavy (non-hydrogen) atoms. The number of anilines is 2. The molecule has 138 valence electrons. The molecule has 1 heterocycles. The van der Waals surface area contributed by atoms with Gasteiger partial charge in [0.15, 0.2) is 0 Å². The van der Waals surface area contributed by atoms with Gasteiger partial charge in [0, 0.05) is 23.5 Å². The number of nitrogens with one attached hydrogen (secondary N) is 2. The highest BCUT2D eigenvalue weighted by atomic mass is 35.5. The van der Waals surface area contributed by atoms with Crippen LogP contribution < -0.4 is 10.6 Å². The fourth-order valence-electron chi connectivity index (χ4n) is 2.65. The molecule has 6 heteroatoms. The molecule has 0 aliphatic carbocycles. The van der Waals surface area contributed by atoms with Crippen molar-refractivity contribution in [2.45, 2.75) is 20.3 Å². The fourth-order valence-corrected chi connectivity index (χ4v) is 2.87. The second kappa shape index (κ2) is 8.64. The predicted octanol–water partition coefficient (Wildman–Crippen LogP) is 4.65. The van der Waals surface area contributed by atoms with Gasteiger partial charge in [-0.05, 0) is 61.2 Å². The highest BCUT2D eigenvalue weighted by Gasteiger charge is 2.11. The molecule has 2 aromatic carbocycles. The van der Waals surface area contributed by atoms with E-state index in [1.54, 1.807) is 12.3 Å². The maximum absolute atomic E-state index is 12.5. The first-order valence-electron chi connectivity index (χ1n) is 8.72. The Hall–Kier alpha value is -2.92. The smallest absolute Gasteiger partial charge is 0.274 e. The first-order chi connectivity index (χ1) is 13.0. The van der Waals surface area contributed by atoms with Crippen LogP contribution in [0.25, 0.3) is 0 Å². The van der Waals surface area contributed by atoms with E-state index >= 15 is 0 Å². The quantitative estimate of drug-likeness (QED) is 0.653. The number of hydrogen-bond acceptors (Lipinski definition) is 4. The van der Waals surface area contributed by atoms with Crippen molar-refractivity contribution in [1.29, 1.82) is 0 Å². The largest absolute Gasteiger partial charge is 0.354 e. The van der Waals surface area contributed by atoms with Crippen molar-refractivity contribution in [3.8, 4) is 0 Å². The van der Waals surface area contributed by atoms with E-state index in [0.29, 0.717) is 23.2 Å². The Morgan fingerprint density at radius 3 is 2.74 bits per heavy atom. The van der Waals surface area contributed by atoms with E-state index in [9.17, 15) is 4.79 Å². The van der Waals surface area contributed by atoms with Gasteiger partial charge in [-0.25, -0.2) is 9.97 Å². The molecule has 3 rings (SSSR count). The van der Waals surface area contributed by atoms with Gasteiger partial charge in [0.25, 0.3) is 5.91 Å². The number of nitrogens with zero attached hydrogens (tertiary/aromatic N) is 2. The molecule has 0 unspecified atom stereocenters. The topological polar surface area (TPSA) is 66.9 Å². The molecule has 0 saturated heterocycles. The lowest BCUT2D eigenvalue weighted by atomic mass is 10.1. The zero-order valence-corrected chi connectivity index (χ0v) is 16.0. The lowest BCUT2D eigenvalue weighted by Crippen LogP contribution is -2.16. The number of rotatable bonds is 6. The van der Waals surface area contributed by atoms with Crippen molar-refractivity contribution in [3.05, 3.63) is 82.1 Å². The first-order valence-corrected chi connectivity index (χ1v) is 9.09. The summed E-state index contributed by atoms with van der Waals surface area (Å²) in [5, 5.41) is 6.77. The zero-order valence-electron chi connectivity index (χ0n) is 15.3. The Bertz CT molecular complexity index is 958. The van der Waals surface area contributed by atoms with Crippen molar-refractivity contribution in [1.82, 2.24) is 9.97 Å². The second-order valence-corrected chi connectivity index (χ2v) is 6.71. The summed E-state index contributed by atoms with van der Waals surface area (Å²) in [5.74, 6) is 0.162. The van der Waals surface area contributed by atoms with Crippen molar-refractivity contribution >= 4 is 29.1 Å². The third-order valence-corrected chi connectivity index (χ3v) is 4.56. The number of carbonyl (C=O) groups is 1. The molecule has 5 nitrogen and oxygen atoms in total. The van der Waals surface area contributed by atoms with Crippen LogP contribution in [0.3, 0.4) is 0 Å². The summed E-state index contributed by atoms with van der Waals surface area (Å²) in [7, 11) is 0. The summed E-state index contributed by atoms with van der Waals surface area (Å²) in [6.07, 6.45) is 2.36. The van der Waals surface area contributed by atoms with Crippen LogP contribution in [-0.2, 0) is 6.42 Å². The van der Waals surface area contributed by atoms with Gasteiger partial charge >= 0.3 is 0 Å². The summed E-state index contributed by atoms with van der Waals surface area (Å²) in [4.78, 5) is 21.0. The van der Waals surface area contributed by atoms with Gasteiger partial charge in [0.2, 0.25) is 5.95 Å². The van der Waals surface area contributed by atoms with Crippen LogP contribution in [-0.4, -0.2) is 22.4 Å². The molecule has 0 spiro atoms. The summed E-state index contributed by atoms with van der Waals surface area (Å²) in [6, 6.07) is 15.1. The molecule has 0 aliphatic rings. The average molecular weight is 381 g/mol. The molecule has 0 saturated carbocycles. The summed E-state index contributed by atoms with van der Waals surface area (Å²) in [5.41, 5.74) is 4.39. The van der Waals surface area contributed by atoms with Crippen molar-refractivity contribution in [2.75, 3.05) is 17.2 Å². The van der Waals surface area contributed by atoms with Gasteiger partial charge in [-0.1, -0.05) is 35.9 Å². The fraction of sp³-hybridized carbons (Fsp3) is 0.190. The molecular weight excluding hydrogens is 360 g/mol. The molecule has 0 aliphatic heterocycles. The van der Waals surface area contributed by atoms with E-state index in [0.717, 1.165) is 28.8 Å². The Morgan fingerprint density at radius 2 is 1.93 bits per heavy atom. The highest BCUT2D eigenvalue weighted by Crippen LogP contribution is 2.18. The predicted molar refractivity (Wildman–Crippen MR) is 110 cm³/mol. The van der Waals surface area contributed by atoms with E-state index in [2.05, 4.69) is 20.6 Å². The third-order valence-electron chi connectivity index (χ3n) is 4.33. The van der Waals surface area contributed by atoms with Crippen LogP contribution in [0.2, 0.25) is 5.02 Å². The summed E-state index contributed by atoms with van der Waals surface area (Å²) < 4.78 is 0. The van der Waals surface area contributed by atoms with E-state index < -0.39 is 0 Å². The molecule has 0 atom stereocenters. The first kappa shape index (κ1) is 18.9. The van der Waals surface area contributed by atoms with Crippen LogP contribution in [0.15, 0.2) is 54.7 Å². The molecule has 0 bridgehead atoms. The van der Waals surface area contributed by atoms with Crippen molar-refractivity contribution < 1.29 is 4.79 Å². The minimum atomic E-state index is -0.260. The maximum atomic E-state index is 12.5. The Labute approximate surface area is 163 Å². The number of aromatic nitrogens is 2. The molecule has 2 N–H and O–H groups in total. The minimum absolute atomic E-state index is 0.260. The number of amides is 1. The maximum Gasteiger partial charge on any atom is 0.274 e. The molecule has 0 fully saturated rings. The van der Waals surface area contributed by atoms with Gasteiger partial charge in [-0.2, -0.15) is 0 Å². The van der Waals surface area contributed by atoms with E-state index in [-0.39, 0.29) is 5.91 Å². The van der Waals surface area contributed by atoms with Crippen molar-refractivity contribution in [3.63, 3.8) is 0 Å². The number of halogens is 1. The summed E-state index contributed by atoms with van der Waals surface area (Å²) in [6.45, 7) is 4.63. The normalized spacial score (nSPS) is 10.5. The van der Waals surface area contributed by atoms with E-state index in [1.165, 1.54) is 0 Å². The van der Waals surface area contributed by atoms with Crippen LogP contribution in [0, 0.1) is 13.8 Å². The molecular formula is C21H21ClN4O. The Balaban J connectivity index is 1.62. The zero-order chi connectivity index (χ0) is 19.2. The van der Waals surface area contributed by atoms with Gasteiger partial charge in [0.1, 0.15) is 5.69 Å². The second-order valence-electron chi connectivity index (χ2n) is 6.27. The van der Waals surface area contributed by atoms with E-state index in [4.69, 9.17) is 11.6 Å². The summed E-state index contributed by atoms with van der Waals surface area (Å²) >= 11 is 5.99. The van der Waals surface area contributed by atoms with Crippen LogP contribution in [0.1, 0.15) is 27.2 Å². The highest BCUT2D eigenvalue weighted by molar-refractivity contribution is 6.30. The lowest BCUT2D eigenvalue weighted by Gasteiger charge is -2.11. The average Bonchev–Trinajstić information content (AvgIpc) is 2.66. The molecule has 1 aromatic heterocycles. The van der Waals surface area contributed by atoms with Crippen LogP contribution >= 0.6 is 11.6 Å². The molecule has 3 aromatic rings. The Kier molecular flexibility index (Phi) is 6.04. The van der Waals surface area contributed by atoms with Gasteiger partial charge in [0.05, 0.1) is 0 Å². The molecule has 1 amide bonds.